The van der Waals surface area contributed by atoms with E-state index in [1.165, 1.54) is 6.07 Å². The molecule has 0 unspecified atom stereocenters. The molecule has 1 aliphatic heterocycles. The van der Waals surface area contributed by atoms with Gasteiger partial charge in [0.15, 0.2) is 0 Å². The molecule has 1 fully saturated rings. The zero-order chi connectivity index (χ0) is 17.2. The molecule has 0 saturated carbocycles. The number of amides is 1. The predicted octanol–water partition coefficient (Wildman–Crippen LogP) is 2.37. The van der Waals surface area contributed by atoms with Crippen LogP contribution in [0.4, 0.5) is 4.39 Å². The highest BCUT2D eigenvalue weighted by molar-refractivity contribution is 5.79. The standard InChI is InChI=1S/C18H18FN5O/c19-15-5-2-1-4-13(15)12-17(25)23-10-7-14(8-11-23)24-16-6-3-9-20-18(16)21-22-24/h1-6,9,14H,7-8,10-12H2. The fourth-order valence-electron chi connectivity index (χ4n) is 3.33. The van der Waals surface area contributed by atoms with Crippen LogP contribution in [0.1, 0.15) is 24.4 Å². The van der Waals surface area contributed by atoms with E-state index in [0.717, 1.165) is 18.4 Å². The second kappa shape index (κ2) is 6.58. The summed E-state index contributed by atoms with van der Waals surface area (Å²) >= 11 is 0. The molecule has 1 aromatic carbocycles. The third-order valence-corrected chi connectivity index (χ3v) is 4.71. The van der Waals surface area contributed by atoms with E-state index in [9.17, 15) is 9.18 Å². The van der Waals surface area contributed by atoms with E-state index in [1.807, 2.05) is 16.8 Å². The van der Waals surface area contributed by atoms with E-state index in [2.05, 4.69) is 15.3 Å². The number of hydrogen-bond donors (Lipinski definition) is 0. The van der Waals surface area contributed by atoms with E-state index < -0.39 is 0 Å². The van der Waals surface area contributed by atoms with Gasteiger partial charge in [-0.3, -0.25) is 4.79 Å². The van der Waals surface area contributed by atoms with Gasteiger partial charge in [-0.05, 0) is 36.6 Å². The average molecular weight is 339 g/mol. The summed E-state index contributed by atoms with van der Waals surface area (Å²) in [5.74, 6) is -0.360. The molecule has 4 rings (SSSR count). The van der Waals surface area contributed by atoms with Gasteiger partial charge in [0, 0.05) is 19.3 Å². The third-order valence-electron chi connectivity index (χ3n) is 4.71. The lowest BCUT2D eigenvalue weighted by Crippen LogP contribution is -2.40. The Morgan fingerprint density at radius 3 is 2.76 bits per heavy atom. The topological polar surface area (TPSA) is 63.9 Å². The molecule has 7 heteroatoms. The zero-order valence-corrected chi connectivity index (χ0v) is 13.7. The molecule has 0 N–H and O–H groups in total. The fourth-order valence-corrected chi connectivity index (χ4v) is 3.33. The van der Waals surface area contributed by atoms with Crippen LogP contribution < -0.4 is 0 Å². The molecule has 1 aliphatic rings. The van der Waals surface area contributed by atoms with E-state index in [-0.39, 0.29) is 24.2 Å². The number of hydrogen-bond acceptors (Lipinski definition) is 4. The van der Waals surface area contributed by atoms with Crippen molar-refractivity contribution in [3.63, 3.8) is 0 Å². The summed E-state index contributed by atoms with van der Waals surface area (Å²) in [6.07, 6.45) is 3.41. The van der Waals surface area contributed by atoms with Crippen molar-refractivity contribution in [3.8, 4) is 0 Å². The minimum Gasteiger partial charge on any atom is -0.342 e. The van der Waals surface area contributed by atoms with Gasteiger partial charge in [0.25, 0.3) is 0 Å². The molecule has 0 bridgehead atoms. The van der Waals surface area contributed by atoms with E-state index in [4.69, 9.17) is 0 Å². The Balaban J connectivity index is 1.41. The average Bonchev–Trinajstić information content (AvgIpc) is 3.08. The lowest BCUT2D eigenvalue weighted by molar-refractivity contribution is -0.131. The van der Waals surface area contributed by atoms with Gasteiger partial charge in [-0.1, -0.05) is 23.4 Å². The van der Waals surface area contributed by atoms with Crippen LogP contribution in [-0.4, -0.2) is 43.9 Å². The van der Waals surface area contributed by atoms with Crippen LogP contribution in [0.25, 0.3) is 11.2 Å². The quantitative estimate of drug-likeness (QED) is 0.735. The smallest absolute Gasteiger partial charge is 0.227 e. The second-order valence-corrected chi connectivity index (χ2v) is 6.26. The maximum atomic E-state index is 13.7. The highest BCUT2D eigenvalue weighted by Crippen LogP contribution is 2.25. The summed E-state index contributed by atoms with van der Waals surface area (Å²) in [4.78, 5) is 18.4. The van der Waals surface area contributed by atoms with Crippen LogP contribution in [0, 0.1) is 5.82 Å². The first kappa shape index (κ1) is 15.7. The van der Waals surface area contributed by atoms with Gasteiger partial charge in [0.05, 0.1) is 12.5 Å². The highest BCUT2D eigenvalue weighted by Gasteiger charge is 2.26. The summed E-state index contributed by atoms with van der Waals surface area (Å²) in [5.41, 5.74) is 2.00. The van der Waals surface area contributed by atoms with E-state index in [0.29, 0.717) is 24.3 Å². The Bertz CT molecular complexity index is 901. The molecule has 3 aromatic rings. The van der Waals surface area contributed by atoms with Crippen molar-refractivity contribution in [2.75, 3.05) is 13.1 Å². The Hall–Kier alpha value is -2.83. The molecule has 0 spiro atoms. The van der Waals surface area contributed by atoms with Crippen molar-refractivity contribution >= 4 is 17.1 Å². The first-order valence-electron chi connectivity index (χ1n) is 8.39. The van der Waals surface area contributed by atoms with Crippen LogP contribution in [0.3, 0.4) is 0 Å². The van der Waals surface area contributed by atoms with Crippen LogP contribution in [0.15, 0.2) is 42.6 Å². The predicted molar refractivity (Wildman–Crippen MR) is 90.3 cm³/mol. The molecule has 25 heavy (non-hydrogen) atoms. The van der Waals surface area contributed by atoms with Gasteiger partial charge in [-0.2, -0.15) is 0 Å². The van der Waals surface area contributed by atoms with E-state index in [1.54, 1.807) is 29.3 Å². The summed E-state index contributed by atoms with van der Waals surface area (Å²) < 4.78 is 15.6. The number of carbonyl (C=O) groups excluding carboxylic acids is 1. The number of rotatable bonds is 3. The fraction of sp³-hybridized carbons (Fsp3) is 0.333. The van der Waals surface area contributed by atoms with Gasteiger partial charge >= 0.3 is 0 Å². The maximum absolute atomic E-state index is 13.7. The summed E-state index contributed by atoms with van der Waals surface area (Å²) in [7, 11) is 0. The molecule has 6 nitrogen and oxygen atoms in total. The first-order valence-corrected chi connectivity index (χ1v) is 8.39. The summed E-state index contributed by atoms with van der Waals surface area (Å²) in [5, 5.41) is 8.31. The number of pyridine rings is 1. The molecule has 1 amide bonds. The Labute approximate surface area is 144 Å². The van der Waals surface area contributed by atoms with Crippen molar-refractivity contribution < 1.29 is 9.18 Å². The number of halogens is 1. The van der Waals surface area contributed by atoms with Crippen molar-refractivity contribution in [2.24, 2.45) is 0 Å². The SMILES string of the molecule is O=C(Cc1ccccc1F)N1CCC(n2nnc3ncccc32)CC1. The van der Waals surface area contributed by atoms with Gasteiger partial charge < -0.3 is 4.90 Å². The molecule has 1 saturated heterocycles. The molecule has 3 heterocycles. The van der Waals surface area contributed by atoms with Crippen LogP contribution in [-0.2, 0) is 11.2 Å². The van der Waals surface area contributed by atoms with Crippen LogP contribution in [0.5, 0.6) is 0 Å². The molecule has 128 valence electrons. The Morgan fingerprint density at radius 1 is 1.16 bits per heavy atom. The zero-order valence-electron chi connectivity index (χ0n) is 13.7. The summed E-state index contributed by atoms with van der Waals surface area (Å²) in [6, 6.07) is 10.5. The molecule has 0 radical (unpaired) electrons. The highest BCUT2D eigenvalue weighted by atomic mass is 19.1. The minimum atomic E-state index is -0.327. The molecular formula is C18H18FN5O. The maximum Gasteiger partial charge on any atom is 0.227 e. The van der Waals surface area contributed by atoms with Crippen molar-refractivity contribution in [2.45, 2.75) is 25.3 Å². The summed E-state index contributed by atoms with van der Waals surface area (Å²) in [6.45, 7) is 1.28. The van der Waals surface area contributed by atoms with Crippen molar-refractivity contribution in [1.82, 2.24) is 24.9 Å². The van der Waals surface area contributed by atoms with Gasteiger partial charge in [0.2, 0.25) is 11.6 Å². The number of nitrogens with zero attached hydrogens (tertiary/aromatic N) is 5. The Morgan fingerprint density at radius 2 is 1.96 bits per heavy atom. The largest absolute Gasteiger partial charge is 0.342 e. The number of fused-ring (bicyclic) bond motifs is 1. The number of aromatic nitrogens is 4. The third kappa shape index (κ3) is 3.09. The number of piperidine rings is 1. The lowest BCUT2D eigenvalue weighted by Gasteiger charge is -2.32. The number of likely N-dealkylation sites (tertiary alicyclic amines) is 1. The van der Waals surface area contributed by atoms with E-state index >= 15 is 0 Å². The molecule has 0 atom stereocenters. The molecular weight excluding hydrogens is 321 g/mol. The van der Waals surface area contributed by atoms with Crippen molar-refractivity contribution in [3.05, 3.63) is 54.0 Å². The number of carbonyl (C=O) groups is 1. The minimum absolute atomic E-state index is 0.0336. The molecule has 2 aromatic heterocycles. The van der Waals surface area contributed by atoms with Crippen LogP contribution in [0.2, 0.25) is 0 Å². The monoisotopic (exact) mass is 339 g/mol. The first-order chi connectivity index (χ1) is 12.2. The van der Waals surface area contributed by atoms with Crippen molar-refractivity contribution in [1.29, 1.82) is 0 Å². The second-order valence-electron chi connectivity index (χ2n) is 6.26. The van der Waals surface area contributed by atoms with Gasteiger partial charge in [-0.25, -0.2) is 14.1 Å². The number of benzene rings is 1. The van der Waals surface area contributed by atoms with Crippen LogP contribution >= 0.6 is 0 Å². The van der Waals surface area contributed by atoms with Gasteiger partial charge in [0.1, 0.15) is 11.3 Å². The van der Waals surface area contributed by atoms with Gasteiger partial charge in [-0.15, -0.1) is 5.10 Å². The Kier molecular flexibility index (Phi) is 4.13. The normalized spacial score (nSPS) is 15.6. The lowest BCUT2D eigenvalue weighted by atomic mass is 10.0. The molecule has 0 aliphatic carbocycles.